The summed E-state index contributed by atoms with van der Waals surface area (Å²) in [7, 11) is -2.98. The van der Waals surface area contributed by atoms with Crippen LogP contribution in [0.15, 0.2) is 0 Å². The van der Waals surface area contributed by atoms with Gasteiger partial charge in [0.1, 0.15) is 0 Å². The van der Waals surface area contributed by atoms with E-state index in [9.17, 15) is 8.42 Å². The highest BCUT2D eigenvalue weighted by molar-refractivity contribution is 7.92. The lowest BCUT2D eigenvalue weighted by Gasteiger charge is -2.24. The Hall–Kier alpha value is -0.130. The summed E-state index contributed by atoms with van der Waals surface area (Å²) in [6.45, 7) is 7.90. The lowest BCUT2D eigenvalue weighted by molar-refractivity contribution is 0.178. The smallest absolute Gasteiger partial charge is 0.154 e. The summed E-state index contributed by atoms with van der Waals surface area (Å²) in [4.78, 5) is 0. The van der Waals surface area contributed by atoms with Gasteiger partial charge in [-0.15, -0.1) is 0 Å². The van der Waals surface area contributed by atoms with Gasteiger partial charge in [0, 0.05) is 18.6 Å². The molecular weight excluding hydrogens is 238 g/mol. The highest BCUT2D eigenvalue weighted by atomic mass is 32.2. The van der Waals surface area contributed by atoms with Gasteiger partial charge in [0.15, 0.2) is 9.84 Å². The minimum absolute atomic E-state index is 0.0462. The normalized spacial score (nSPS) is 23.2. The van der Waals surface area contributed by atoms with Crippen molar-refractivity contribution < 1.29 is 13.2 Å². The van der Waals surface area contributed by atoms with Crippen molar-refractivity contribution in [2.45, 2.75) is 44.9 Å². The SMILES string of the molecule is CCCNC(CS(=O)(=O)C(C)C)C1CCOC1. The predicted molar refractivity (Wildman–Crippen MR) is 69.9 cm³/mol. The zero-order valence-electron chi connectivity index (χ0n) is 11.1. The van der Waals surface area contributed by atoms with Crippen molar-refractivity contribution in [3.8, 4) is 0 Å². The van der Waals surface area contributed by atoms with Gasteiger partial charge in [-0.1, -0.05) is 6.92 Å². The molecule has 1 N–H and O–H groups in total. The van der Waals surface area contributed by atoms with Gasteiger partial charge >= 0.3 is 0 Å². The van der Waals surface area contributed by atoms with Crippen LogP contribution in [0.25, 0.3) is 0 Å². The van der Waals surface area contributed by atoms with Crippen molar-refractivity contribution in [2.75, 3.05) is 25.5 Å². The van der Waals surface area contributed by atoms with Crippen LogP contribution in [0.2, 0.25) is 0 Å². The molecule has 1 rings (SSSR count). The second-order valence-corrected chi connectivity index (χ2v) is 7.66. The Balaban J connectivity index is 2.62. The van der Waals surface area contributed by atoms with Crippen molar-refractivity contribution in [1.82, 2.24) is 5.32 Å². The Bertz CT molecular complexity index is 308. The summed E-state index contributed by atoms with van der Waals surface area (Å²) in [6, 6.07) is 0.0462. The number of nitrogens with one attached hydrogen (secondary N) is 1. The third-order valence-corrected chi connectivity index (χ3v) is 5.58. The number of hydrogen-bond acceptors (Lipinski definition) is 4. The molecule has 1 fully saturated rings. The predicted octanol–water partition coefficient (Wildman–Crippen LogP) is 1.21. The standard InChI is InChI=1S/C12H25NO3S/c1-4-6-13-12(11-5-7-16-8-11)9-17(14,15)10(2)3/h10-13H,4-9H2,1-3H3. The molecule has 2 unspecified atom stereocenters. The fourth-order valence-electron chi connectivity index (χ4n) is 2.00. The van der Waals surface area contributed by atoms with E-state index in [1.807, 2.05) is 0 Å². The van der Waals surface area contributed by atoms with E-state index in [1.165, 1.54) is 0 Å². The highest BCUT2D eigenvalue weighted by Crippen LogP contribution is 2.19. The number of sulfone groups is 1. The van der Waals surface area contributed by atoms with Crippen molar-refractivity contribution >= 4 is 9.84 Å². The fraction of sp³-hybridized carbons (Fsp3) is 1.00. The van der Waals surface area contributed by atoms with Crippen LogP contribution in [-0.4, -0.2) is 45.2 Å². The van der Waals surface area contributed by atoms with Crippen LogP contribution in [0.1, 0.15) is 33.6 Å². The van der Waals surface area contributed by atoms with Gasteiger partial charge in [-0.2, -0.15) is 0 Å². The number of hydrogen-bond donors (Lipinski definition) is 1. The molecule has 5 heteroatoms. The van der Waals surface area contributed by atoms with Crippen LogP contribution in [0, 0.1) is 5.92 Å². The van der Waals surface area contributed by atoms with Crippen LogP contribution in [0.5, 0.6) is 0 Å². The molecule has 0 aromatic carbocycles. The van der Waals surface area contributed by atoms with E-state index in [0.717, 1.165) is 26.0 Å². The molecule has 0 bridgehead atoms. The molecule has 1 aliphatic rings. The third-order valence-electron chi connectivity index (χ3n) is 3.32. The molecule has 0 aliphatic carbocycles. The van der Waals surface area contributed by atoms with Gasteiger partial charge in [-0.25, -0.2) is 8.42 Å². The van der Waals surface area contributed by atoms with Gasteiger partial charge < -0.3 is 10.1 Å². The first-order valence-corrected chi connectivity index (χ1v) is 8.21. The average molecular weight is 263 g/mol. The Kier molecular flexibility index (Phi) is 5.89. The van der Waals surface area contributed by atoms with E-state index in [4.69, 9.17) is 4.74 Å². The molecule has 0 radical (unpaired) electrons. The Labute approximate surface area is 105 Å². The zero-order chi connectivity index (χ0) is 12.9. The molecule has 0 saturated carbocycles. The van der Waals surface area contributed by atoms with Crippen LogP contribution < -0.4 is 5.32 Å². The highest BCUT2D eigenvalue weighted by Gasteiger charge is 2.30. The average Bonchev–Trinajstić information content (AvgIpc) is 2.77. The maximum absolute atomic E-state index is 12.0. The summed E-state index contributed by atoms with van der Waals surface area (Å²) >= 11 is 0. The number of ether oxygens (including phenoxy) is 1. The largest absolute Gasteiger partial charge is 0.381 e. The Morgan fingerprint density at radius 2 is 2.12 bits per heavy atom. The second-order valence-electron chi connectivity index (χ2n) is 5.06. The molecule has 0 amide bonds. The van der Waals surface area contributed by atoms with Gasteiger partial charge in [0.05, 0.1) is 17.6 Å². The van der Waals surface area contributed by atoms with Crippen LogP contribution in [0.3, 0.4) is 0 Å². The Morgan fingerprint density at radius 1 is 1.41 bits per heavy atom. The molecule has 0 aromatic heterocycles. The lowest BCUT2D eigenvalue weighted by atomic mass is 10.0. The van der Waals surface area contributed by atoms with Crippen molar-refractivity contribution in [3.63, 3.8) is 0 Å². The molecular formula is C12H25NO3S. The lowest BCUT2D eigenvalue weighted by Crippen LogP contribution is -2.43. The molecule has 1 heterocycles. The van der Waals surface area contributed by atoms with Crippen molar-refractivity contribution in [2.24, 2.45) is 5.92 Å². The maximum Gasteiger partial charge on any atom is 0.154 e. The number of rotatable bonds is 7. The van der Waals surface area contributed by atoms with E-state index < -0.39 is 9.84 Å². The van der Waals surface area contributed by atoms with Gasteiger partial charge in [-0.05, 0) is 33.2 Å². The van der Waals surface area contributed by atoms with E-state index in [2.05, 4.69) is 12.2 Å². The van der Waals surface area contributed by atoms with E-state index in [0.29, 0.717) is 12.5 Å². The molecule has 17 heavy (non-hydrogen) atoms. The second kappa shape index (κ2) is 6.71. The third kappa shape index (κ3) is 4.56. The fourth-order valence-corrected chi connectivity index (χ4v) is 3.28. The monoisotopic (exact) mass is 263 g/mol. The molecule has 1 aliphatic heterocycles. The molecule has 2 atom stereocenters. The first-order chi connectivity index (χ1) is 7.97. The summed E-state index contributed by atoms with van der Waals surface area (Å²) in [5.74, 6) is 0.577. The molecule has 102 valence electrons. The van der Waals surface area contributed by atoms with E-state index in [-0.39, 0.29) is 17.0 Å². The van der Waals surface area contributed by atoms with E-state index >= 15 is 0 Å². The molecule has 0 spiro atoms. The molecule has 4 nitrogen and oxygen atoms in total. The zero-order valence-corrected chi connectivity index (χ0v) is 11.9. The minimum Gasteiger partial charge on any atom is -0.381 e. The van der Waals surface area contributed by atoms with Gasteiger partial charge in [0.25, 0.3) is 0 Å². The minimum atomic E-state index is -2.98. The first-order valence-electron chi connectivity index (χ1n) is 6.50. The van der Waals surface area contributed by atoms with Crippen LogP contribution in [-0.2, 0) is 14.6 Å². The van der Waals surface area contributed by atoms with Crippen molar-refractivity contribution in [1.29, 1.82) is 0 Å². The van der Waals surface area contributed by atoms with Crippen LogP contribution in [0.4, 0.5) is 0 Å². The topological polar surface area (TPSA) is 55.4 Å². The van der Waals surface area contributed by atoms with Crippen molar-refractivity contribution in [3.05, 3.63) is 0 Å². The molecule has 1 saturated heterocycles. The van der Waals surface area contributed by atoms with Gasteiger partial charge in [-0.3, -0.25) is 0 Å². The molecule has 0 aromatic rings. The quantitative estimate of drug-likeness (QED) is 0.750. The summed E-state index contributed by atoms with van der Waals surface area (Å²) in [5, 5.41) is 3.07. The van der Waals surface area contributed by atoms with Gasteiger partial charge in [0.2, 0.25) is 0 Å². The summed E-state index contributed by atoms with van der Waals surface area (Å²) in [6.07, 6.45) is 1.99. The summed E-state index contributed by atoms with van der Waals surface area (Å²) in [5.41, 5.74) is 0. The van der Waals surface area contributed by atoms with Crippen LogP contribution >= 0.6 is 0 Å². The first kappa shape index (κ1) is 14.9. The summed E-state index contributed by atoms with van der Waals surface area (Å²) < 4.78 is 29.3. The Morgan fingerprint density at radius 3 is 2.59 bits per heavy atom. The van der Waals surface area contributed by atoms with E-state index in [1.54, 1.807) is 13.8 Å². The maximum atomic E-state index is 12.0.